The molecule has 3 heteroatoms. The van der Waals surface area contributed by atoms with Gasteiger partial charge in [0, 0.05) is 25.2 Å². The number of anilines is 1. The van der Waals surface area contributed by atoms with Crippen molar-refractivity contribution < 1.29 is 0 Å². The van der Waals surface area contributed by atoms with Crippen molar-refractivity contribution in [2.45, 2.75) is 58.2 Å². The van der Waals surface area contributed by atoms with Crippen molar-refractivity contribution >= 4 is 17.3 Å². The highest BCUT2D eigenvalue weighted by molar-refractivity contribution is 6.33. The zero-order chi connectivity index (χ0) is 14.1. The van der Waals surface area contributed by atoms with Gasteiger partial charge in [-0.05, 0) is 56.2 Å². The van der Waals surface area contributed by atoms with Gasteiger partial charge in [0.15, 0.2) is 0 Å². The van der Waals surface area contributed by atoms with Gasteiger partial charge in [-0.1, -0.05) is 24.6 Å². The maximum absolute atomic E-state index is 6.54. The lowest BCUT2D eigenvalue weighted by Gasteiger charge is -2.39. The summed E-state index contributed by atoms with van der Waals surface area (Å²) in [6.07, 6.45) is 5.26. The highest BCUT2D eigenvalue weighted by Gasteiger charge is 2.25. The van der Waals surface area contributed by atoms with Gasteiger partial charge >= 0.3 is 0 Å². The summed E-state index contributed by atoms with van der Waals surface area (Å²) < 4.78 is 0. The third-order valence-electron chi connectivity index (χ3n) is 4.61. The van der Waals surface area contributed by atoms with Crippen LogP contribution in [0.3, 0.4) is 0 Å². The molecule has 1 saturated carbocycles. The molecule has 1 aliphatic heterocycles. The molecule has 0 bridgehead atoms. The summed E-state index contributed by atoms with van der Waals surface area (Å²) in [6, 6.07) is 7.91. The molecular formula is C17H25ClN2. The van der Waals surface area contributed by atoms with Crippen LogP contribution in [0.4, 0.5) is 5.69 Å². The average Bonchev–Trinajstić information content (AvgIpc) is 3.24. The minimum absolute atomic E-state index is 0.596. The minimum Gasteiger partial charge on any atom is -0.367 e. The van der Waals surface area contributed by atoms with E-state index >= 15 is 0 Å². The number of benzene rings is 1. The van der Waals surface area contributed by atoms with Gasteiger partial charge in [0.2, 0.25) is 0 Å². The Bertz CT molecular complexity index is 470. The van der Waals surface area contributed by atoms with Crippen LogP contribution in [0.2, 0.25) is 5.02 Å². The van der Waals surface area contributed by atoms with Crippen molar-refractivity contribution in [2.75, 3.05) is 11.4 Å². The van der Waals surface area contributed by atoms with Crippen molar-refractivity contribution in [3.8, 4) is 0 Å². The molecule has 1 aromatic rings. The van der Waals surface area contributed by atoms with Gasteiger partial charge in [0.1, 0.15) is 0 Å². The summed E-state index contributed by atoms with van der Waals surface area (Å²) in [6.45, 7) is 6.71. The van der Waals surface area contributed by atoms with E-state index in [1.807, 2.05) is 0 Å². The molecule has 2 unspecified atom stereocenters. The molecule has 20 heavy (non-hydrogen) atoms. The Labute approximate surface area is 127 Å². The highest BCUT2D eigenvalue weighted by Crippen LogP contribution is 2.33. The topological polar surface area (TPSA) is 15.3 Å². The molecule has 1 aromatic carbocycles. The first-order chi connectivity index (χ1) is 9.63. The van der Waals surface area contributed by atoms with E-state index in [-0.39, 0.29) is 0 Å². The summed E-state index contributed by atoms with van der Waals surface area (Å²) in [4.78, 5) is 2.48. The highest BCUT2D eigenvalue weighted by atomic mass is 35.5. The number of piperidine rings is 1. The van der Waals surface area contributed by atoms with Gasteiger partial charge in [-0.2, -0.15) is 0 Å². The Morgan fingerprint density at radius 1 is 1.20 bits per heavy atom. The monoisotopic (exact) mass is 292 g/mol. The molecule has 0 radical (unpaired) electrons. The number of nitrogens with one attached hydrogen (secondary N) is 1. The largest absolute Gasteiger partial charge is 0.367 e. The zero-order valence-electron chi connectivity index (χ0n) is 12.5. The second kappa shape index (κ2) is 5.95. The molecule has 1 aliphatic carbocycles. The van der Waals surface area contributed by atoms with Crippen LogP contribution in [0.25, 0.3) is 0 Å². The second-order valence-corrected chi connectivity index (χ2v) is 7.03. The zero-order valence-corrected chi connectivity index (χ0v) is 13.3. The molecule has 0 aromatic heterocycles. The number of rotatable bonds is 4. The summed E-state index contributed by atoms with van der Waals surface area (Å²) in [5.74, 6) is 0.762. The van der Waals surface area contributed by atoms with Crippen LogP contribution in [0.5, 0.6) is 0 Å². The van der Waals surface area contributed by atoms with Crippen molar-refractivity contribution in [1.29, 1.82) is 0 Å². The van der Waals surface area contributed by atoms with E-state index in [9.17, 15) is 0 Å². The molecule has 110 valence electrons. The predicted molar refractivity (Wildman–Crippen MR) is 86.5 cm³/mol. The van der Waals surface area contributed by atoms with Gasteiger partial charge in [-0.3, -0.25) is 0 Å². The normalized spacial score (nSPS) is 26.9. The molecule has 2 fully saturated rings. The van der Waals surface area contributed by atoms with E-state index in [2.05, 4.69) is 42.3 Å². The SMILES string of the molecule is CC1CCC(C)N(c2ccc(CNC3CC3)cc2Cl)C1. The van der Waals surface area contributed by atoms with Gasteiger partial charge in [0.05, 0.1) is 10.7 Å². The van der Waals surface area contributed by atoms with Crippen LogP contribution >= 0.6 is 11.6 Å². The van der Waals surface area contributed by atoms with Gasteiger partial charge < -0.3 is 10.2 Å². The fourth-order valence-corrected chi connectivity index (χ4v) is 3.38. The van der Waals surface area contributed by atoms with E-state index in [4.69, 9.17) is 11.6 Å². The van der Waals surface area contributed by atoms with Crippen LogP contribution in [-0.2, 0) is 6.54 Å². The van der Waals surface area contributed by atoms with Crippen molar-refractivity contribution in [3.05, 3.63) is 28.8 Å². The summed E-state index contributed by atoms with van der Waals surface area (Å²) >= 11 is 6.54. The number of hydrogen-bond acceptors (Lipinski definition) is 2. The fraction of sp³-hybridized carbons (Fsp3) is 0.647. The lowest BCUT2D eigenvalue weighted by molar-refractivity contribution is 0.390. The standard InChI is InChI=1S/C17H25ClN2/c1-12-3-4-13(2)20(11-12)17-8-5-14(9-16(17)18)10-19-15-6-7-15/h5,8-9,12-13,15,19H,3-4,6-7,10-11H2,1-2H3. The second-order valence-electron chi connectivity index (χ2n) is 6.62. The molecule has 1 N–H and O–H groups in total. The smallest absolute Gasteiger partial charge is 0.0642 e. The molecular weight excluding hydrogens is 268 g/mol. The Kier molecular flexibility index (Phi) is 4.23. The van der Waals surface area contributed by atoms with Crippen LogP contribution in [-0.4, -0.2) is 18.6 Å². The molecule has 2 atom stereocenters. The van der Waals surface area contributed by atoms with Crippen molar-refractivity contribution in [3.63, 3.8) is 0 Å². The maximum Gasteiger partial charge on any atom is 0.0642 e. The Morgan fingerprint density at radius 2 is 2.00 bits per heavy atom. The van der Waals surface area contributed by atoms with E-state index in [1.165, 1.54) is 36.9 Å². The lowest BCUT2D eigenvalue weighted by Crippen LogP contribution is -2.41. The Morgan fingerprint density at radius 3 is 2.70 bits per heavy atom. The number of halogens is 1. The Balaban J connectivity index is 1.71. The van der Waals surface area contributed by atoms with E-state index in [0.29, 0.717) is 6.04 Å². The van der Waals surface area contributed by atoms with E-state index in [0.717, 1.165) is 30.1 Å². The molecule has 3 rings (SSSR count). The van der Waals surface area contributed by atoms with Crippen LogP contribution < -0.4 is 10.2 Å². The van der Waals surface area contributed by atoms with Gasteiger partial charge in [0.25, 0.3) is 0 Å². The molecule has 0 amide bonds. The average molecular weight is 293 g/mol. The first-order valence-corrected chi connectivity index (χ1v) is 8.29. The van der Waals surface area contributed by atoms with Crippen molar-refractivity contribution in [2.24, 2.45) is 5.92 Å². The summed E-state index contributed by atoms with van der Waals surface area (Å²) in [5.41, 5.74) is 2.50. The molecule has 1 heterocycles. The lowest BCUT2D eigenvalue weighted by atomic mass is 9.94. The molecule has 1 saturated heterocycles. The van der Waals surface area contributed by atoms with Crippen LogP contribution in [0.1, 0.15) is 45.1 Å². The quantitative estimate of drug-likeness (QED) is 0.894. The third-order valence-corrected chi connectivity index (χ3v) is 4.91. The first kappa shape index (κ1) is 14.2. The minimum atomic E-state index is 0.596. The van der Waals surface area contributed by atoms with Crippen molar-refractivity contribution in [1.82, 2.24) is 5.32 Å². The fourth-order valence-electron chi connectivity index (χ4n) is 3.07. The first-order valence-electron chi connectivity index (χ1n) is 7.92. The number of hydrogen-bond donors (Lipinski definition) is 1. The summed E-state index contributed by atoms with van der Waals surface area (Å²) in [5, 5.41) is 4.45. The number of nitrogens with zero attached hydrogens (tertiary/aromatic N) is 1. The predicted octanol–water partition coefficient (Wildman–Crippen LogP) is 4.22. The molecule has 0 spiro atoms. The summed E-state index contributed by atoms with van der Waals surface area (Å²) in [7, 11) is 0. The molecule has 2 aliphatic rings. The van der Waals surface area contributed by atoms with E-state index < -0.39 is 0 Å². The third kappa shape index (κ3) is 3.29. The molecule has 2 nitrogen and oxygen atoms in total. The van der Waals surface area contributed by atoms with Gasteiger partial charge in [-0.25, -0.2) is 0 Å². The Hall–Kier alpha value is -0.730. The maximum atomic E-state index is 6.54. The van der Waals surface area contributed by atoms with E-state index in [1.54, 1.807) is 0 Å². The van der Waals surface area contributed by atoms with Crippen LogP contribution in [0.15, 0.2) is 18.2 Å². The van der Waals surface area contributed by atoms with Gasteiger partial charge in [-0.15, -0.1) is 0 Å². The van der Waals surface area contributed by atoms with Crippen LogP contribution in [0, 0.1) is 5.92 Å².